The van der Waals surface area contributed by atoms with Crippen molar-refractivity contribution < 1.29 is 4.79 Å². The standard InChI is InChI=1S/C13H22.C11H22.C10H17N.C10H18O.C10H20.C7H16/c1-9(2)13-6-10-3-11(7-13)5-12(4-10)8-13;1-4-11(10(2)3)8-6-5-7-9-11;1-9(2)10(8-11)6-4-3-5-7-10;1-8(2)10(3)6-4-9(11)5-7-10;1-9(2)10(3)7-5-4-6-8-10;1-6(2)7(3,4)5/h9-12H,3-8H2,1-2H3;10H,4-9H2,1-3H3;9H,3-7H2,1-2H3;8H,4-7H2,1-3H3;9H,4-8H2,1-3H3;6H,1-5H3. The maximum absolute atomic E-state index is 11.0. The molecular weight excluding hydrogens is 763 g/mol. The molecule has 0 aromatic heterocycles. The Morgan fingerprint density at radius 1 is 0.524 bits per heavy atom. The summed E-state index contributed by atoms with van der Waals surface area (Å²) in [4.78, 5) is 11.0. The molecular formula is C61H115NO. The minimum absolute atomic E-state index is 0.0260. The summed E-state index contributed by atoms with van der Waals surface area (Å²) in [6.45, 7) is 41.7. The van der Waals surface area contributed by atoms with Crippen molar-refractivity contribution in [1.82, 2.24) is 0 Å². The van der Waals surface area contributed by atoms with Crippen LogP contribution in [0.3, 0.4) is 0 Å². The summed E-state index contributed by atoms with van der Waals surface area (Å²) in [5.41, 5.74) is 3.16. The van der Waals surface area contributed by atoms with Gasteiger partial charge in [0.1, 0.15) is 5.78 Å². The molecule has 0 amide bonds. The molecule has 8 aliphatic rings. The van der Waals surface area contributed by atoms with Crippen molar-refractivity contribution in [2.45, 2.75) is 292 Å². The van der Waals surface area contributed by atoms with E-state index in [1.165, 1.54) is 89.9 Å². The summed E-state index contributed by atoms with van der Waals surface area (Å²) in [5, 5.41) is 9.06. The first kappa shape index (κ1) is 58.3. The first-order valence-corrected chi connectivity index (χ1v) is 28.2. The summed E-state index contributed by atoms with van der Waals surface area (Å²) in [6.07, 6.45) is 35.6. The molecule has 0 saturated heterocycles. The van der Waals surface area contributed by atoms with E-state index in [4.69, 9.17) is 5.26 Å². The molecule has 4 bridgehead atoms. The van der Waals surface area contributed by atoms with Gasteiger partial charge in [0.05, 0.1) is 11.5 Å². The summed E-state index contributed by atoms with van der Waals surface area (Å²) < 4.78 is 0. The van der Waals surface area contributed by atoms with E-state index in [2.05, 4.69) is 131 Å². The van der Waals surface area contributed by atoms with E-state index in [1.54, 1.807) is 38.5 Å². The molecule has 0 unspecified atom stereocenters. The van der Waals surface area contributed by atoms with Crippen molar-refractivity contribution in [1.29, 1.82) is 5.26 Å². The molecule has 0 aliphatic heterocycles. The fourth-order valence-corrected chi connectivity index (χ4v) is 13.1. The van der Waals surface area contributed by atoms with Gasteiger partial charge in [0.25, 0.3) is 0 Å². The second-order valence-corrected chi connectivity index (χ2v) is 27.1. The highest BCUT2D eigenvalue weighted by Crippen LogP contribution is 2.62. The Kier molecular flexibility index (Phi) is 24.1. The van der Waals surface area contributed by atoms with E-state index in [9.17, 15) is 4.79 Å². The molecule has 0 heterocycles. The fourth-order valence-electron chi connectivity index (χ4n) is 13.1. The summed E-state index contributed by atoms with van der Waals surface area (Å²) in [5.74, 6) is 8.64. The van der Waals surface area contributed by atoms with Gasteiger partial charge >= 0.3 is 0 Å². The lowest BCUT2D eigenvalue weighted by atomic mass is 9.47. The molecule has 0 spiro atoms. The Labute approximate surface area is 397 Å². The lowest BCUT2D eigenvalue weighted by Gasteiger charge is -2.58. The topological polar surface area (TPSA) is 40.9 Å². The second kappa shape index (κ2) is 26.1. The number of carbonyl (C=O) groups excluding carboxylic acids is 1. The zero-order valence-electron chi connectivity index (χ0n) is 46.4. The molecule has 63 heavy (non-hydrogen) atoms. The molecule has 8 saturated carbocycles. The van der Waals surface area contributed by atoms with Gasteiger partial charge in [-0.25, -0.2) is 0 Å². The Morgan fingerprint density at radius 2 is 0.873 bits per heavy atom. The number of ketones is 1. The van der Waals surface area contributed by atoms with Gasteiger partial charge < -0.3 is 0 Å². The van der Waals surface area contributed by atoms with Gasteiger partial charge in [-0.2, -0.15) is 5.26 Å². The van der Waals surface area contributed by atoms with Crippen LogP contribution in [0.25, 0.3) is 0 Å². The lowest BCUT2D eigenvalue weighted by Crippen LogP contribution is -2.48. The van der Waals surface area contributed by atoms with Crippen LogP contribution in [-0.2, 0) is 4.79 Å². The monoisotopic (exact) mass is 878 g/mol. The third-order valence-electron chi connectivity index (χ3n) is 20.6. The van der Waals surface area contributed by atoms with Crippen LogP contribution in [0.2, 0.25) is 0 Å². The van der Waals surface area contributed by atoms with Gasteiger partial charge in [-0.1, -0.05) is 189 Å². The van der Waals surface area contributed by atoms with Crippen molar-refractivity contribution >= 4 is 5.78 Å². The van der Waals surface area contributed by atoms with Crippen molar-refractivity contribution in [2.75, 3.05) is 0 Å². The Morgan fingerprint density at radius 3 is 1.11 bits per heavy atom. The summed E-state index contributed by atoms with van der Waals surface area (Å²) >= 11 is 0. The van der Waals surface area contributed by atoms with Crippen molar-refractivity contribution in [3.8, 4) is 6.07 Å². The Hall–Kier alpha value is -0.840. The maximum Gasteiger partial charge on any atom is 0.132 e. The predicted molar refractivity (Wildman–Crippen MR) is 279 cm³/mol. The number of hydrogen-bond acceptors (Lipinski definition) is 2. The molecule has 8 aliphatic carbocycles. The number of nitriles is 1. The molecule has 0 atom stereocenters. The fraction of sp³-hybridized carbons (Fsp3) is 0.967. The van der Waals surface area contributed by atoms with Crippen molar-refractivity contribution in [3.63, 3.8) is 0 Å². The van der Waals surface area contributed by atoms with Gasteiger partial charge in [-0.15, -0.1) is 0 Å². The van der Waals surface area contributed by atoms with Crippen molar-refractivity contribution in [2.24, 2.45) is 85.8 Å². The molecule has 0 aromatic rings. The van der Waals surface area contributed by atoms with Crippen LogP contribution >= 0.6 is 0 Å². The molecule has 8 fully saturated rings. The number of carbonyl (C=O) groups is 1. The van der Waals surface area contributed by atoms with E-state index in [0.29, 0.717) is 27.9 Å². The number of Topliss-reactive ketones (excluding diaryl/α,β-unsaturated/α-hetero) is 1. The second-order valence-electron chi connectivity index (χ2n) is 27.1. The van der Waals surface area contributed by atoms with Crippen LogP contribution in [0.4, 0.5) is 0 Å². The minimum Gasteiger partial charge on any atom is -0.300 e. The van der Waals surface area contributed by atoms with E-state index < -0.39 is 0 Å². The third kappa shape index (κ3) is 17.6. The molecule has 370 valence electrons. The summed E-state index contributed by atoms with van der Waals surface area (Å²) in [6, 6.07) is 2.52. The van der Waals surface area contributed by atoms with Gasteiger partial charge in [0.2, 0.25) is 0 Å². The number of nitrogens with zero attached hydrogens (tertiary/aromatic N) is 1. The quantitative estimate of drug-likeness (QED) is 0.267. The third-order valence-corrected chi connectivity index (χ3v) is 20.6. The highest BCUT2D eigenvalue weighted by molar-refractivity contribution is 5.79. The molecule has 2 nitrogen and oxygen atoms in total. The van der Waals surface area contributed by atoms with Gasteiger partial charge in [0.15, 0.2) is 0 Å². The Balaban J connectivity index is 0.000000262. The van der Waals surface area contributed by atoms with Crippen LogP contribution in [-0.4, -0.2) is 5.78 Å². The minimum atomic E-state index is 0.0260. The van der Waals surface area contributed by atoms with E-state index in [1.807, 2.05) is 0 Å². The van der Waals surface area contributed by atoms with Crippen molar-refractivity contribution in [3.05, 3.63) is 0 Å². The maximum atomic E-state index is 11.0. The Bertz CT molecular complexity index is 1250. The van der Waals surface area contributed by atoms with Crippen LogP contribution in [0.15, 0.2) is 0 Å². The first-order chi connectivity index (χ1) is 29.2. The zero-order chi connectivity index (χ0) is 47.9. The van der Waals surface area contributed by atoms with E-state index in [-0.39, 0.29) is 5.41 Å². The largest absolute Gasteiger partial charge is 0.300 e. The summed E-state index contributed by atoms with van der Waals surface area (Å²) in [7, 11) is 0. The van der Waals surface area contributed by atoms with Crippen LogP contribution in [0.1, 0.15) is 292 Å². The SMILES string of the molecule is CC(C)C(C)(C)C.CC(C)C1(C#N)CCCCC1.CC(C)C1(C)CCC(=O)CC1.CC(C)C1(C)CCCCC1.CC(C)C12CC3CC(CC(C3)C1)C2.CCC1(C(C)C)CCCCC1. The number of hydrogen-bond donors (Lipinski definition) is 0. The lowest BCUT2D eigenvalue weighted by molar-refractivity contribution is -0.122. The van der Waals surface area contributed by atoms with Crippen LogP contribution in [0, 0.1) is 97.1 Å². The molecule has 2 heteroatoms. The van der Waals surface area contributed by atoms with Crippen LogP contribution in [0.5, 0.6) is 0 Å². The molecule has 0 N–H and O–H groups in total. The predicted octanol–water partition coefficient (Wildman–Crippen LogP) is 20.1. The van der Waals surface area contributed by atoms with Gasteiger partial charge in [0, 0.05) is 12.8 Å². The average molecular weight is 879 g/mol. The van der Waals surface area contributed by atoms with Gasteiger partial charge in [-0.05, 0) is 170 Å². The highest BCUT2D eigenvalue weighted by Gasteiger charge is 2.52. The average Bonchev–Trinajstić information content (AvgIpc) is 3.23. The smallest absolute Gasteiger partial charge is 0.132 e. The van der Waals surface area contributed by atoms with Crippen LogP contribution < -0.4 is 0 Å². The molecule has 0 radical (unpaired) electrons. The molecule has 8 rings (SSSR count). The highest BCUT2D eigenvalue weighted by atomic mass is 16.1. The van der Waals surface area contributed by atoms with E-state index in [0.717, 1.165) is 96.7 Å². The number of rotatable bonds is 6. The normalized spacial score (nSPS) is 28.9. The zero-order valence-corrected chi connectivity index (χ0v) is 46.4. The molecule has 0 aromatic carbocycles. The first-order valence-electron chi connectivity index (χ1n) is 28.2. The van der Waals surface area contributed by atoms with Gasteiger partial charge in [-0.3, -0.25) is 4.79 Å². The van der Waals surface area contributed by atoms with E-state index >= 15 is 0 Å².